The summed E-state index contributed by atoms with van der Waals surface area (Å²) < 4.78 is 10.8. The Morgan fingerprint density at radius 3 is 2.64 bits per heavy atom. The molecular weight excluding hydrogens is 199 g/mol. The largest absolute Gasteiger partial charge is 0.390 e. The Hall–Kier alpha value is 0.295. The first kappa shape index (κ1) is 12.4. The second-order valence-electron chi connectivity index (χ2n) is 3.98. The Bertz CT molecular complexity index is 179. The molecule has 0 saturated carbocycles. The van der Waals surface area contributed by atoms with Crippen LogP contribution >= 0.6 is 11.8 Å². The Balaban J connectivity index is 2.56. The van der Waals surface area contributed by atoms with Gasteiger partial charge in [-0.2, -0.15) is 11.8 Å². The van der Waals surface area contributed by atoms with Crippen LogP contribution in [0, 0.1) is 0 Å². The van der Waals surface area contributed by atoms with Gasteiger partial charge in [0.05, 0.1) is 30.2 Å². The lowest BCUT2D eigenvalue weighted by Crippen LogP contribution is -2.38. The number of hydrogen-bond acceptors (Lipinski definition) is 4. The maximum atomic E-state index is 9.90. The van der Waals surface area contributed by atoms with E-state index in [0.717, 1.165) is 0 Å². The van der Waals surface area contributed by atoms with Gasteiger partial charge in [0.15, 0.2) is 0 Å². The summed E-state index contributed by atoms with van der Waals surface area (Å²) in [5, 5.41) is 10.4. The van der Waals surface area contributed by atoms with Gasteiger partial charge >= 0.3 is 0 Å². The monoisotopic (exact) mass is 218 g/mol. The van der Waals surface area contributed by atoms with Gasteiger partial charge in [-0.25, -0.2) is 0 Å². The zero-order chi connectivity index (χ0) is 10.7. The first-order chi connectivity index (χ1) is 6.56. The fourth-order valence-electron chi connectivity index (χ4n) is 1.70. The predicted octanol–water partition coefficient (Wildman–Crippen LogP) is -0.138. The van der Waals surface area contributed by atoms with Gasteiger partial charge in [0, 0.05) is 12.3 Å². The number of hydrogen-bond donors (Lipinski definition) is 1. The normalized spacial score (nSPS) is 38.1. The molecule has 0 radical (unpaired) electrons. The SMILES string of the molecule is B[C@@H]1S[C@H](COC)C(OC(C)C)C1O. The van der Waals surface area contributed by atoms with Gasteiger partial charge in [0.25, 0.3) is 0 Å². The molecule has 1 saturated heterocycles. The van der Waals surface area contributed by atoms with Crippen molar-refractivity contribution in [3.8, 4) is 0 Å². The highest BCUT2D eigenvalue weighted by Crippen LogP contribution is 2.35. The molecule has 1 aliphatic rings. The van der Waals surface area contributed by atoms with Crippen molar-refractivity contribution in [2.75, 3.05) is 13.7 Å². The van der Waals surface area contributed by atoms with E-state index in [0.29, 0.717) is 6.61 Å². The molecule has 4 atom stereocenters. The quantitative estimate of drug-likeness (QED) is 0.667. The second kappa shape index (κ2) is 5.40. The first-order valence-electron chi connectivity index (χ1n) is 5.04. The third-order valence-corrected chi connectivity index (χ3v) is 3.80. The molecule has 0 amide bonds. The zero-order valence-corrected chi connectivity index (χ0v) is 10.1. The van der Waals surface area contributed by atoms with Gasteiger partial charge in [0.2, 0.25) is 0 Å². The van der Waals surface area contributed by atoms with Crippen molar-refractivity contribution >= 4 is 19.6 Å². The van der Waals surface area contributed by atoms with Gasteiger partial charge in [-0.3, -0.25) is 0 Å². The molecule has 1 N–H and O–H groups in total. The highest BCUT2D eigenvalue weighted by Gasteiger charge is 2.41. The van der Waals surface area contributed by atoms with E-state index >= 15 is 0 Å². The van der Waals surface area contributed by atoms with Gasteiger partial charge in [-0.1, -0.05) is 0 Å². The average Bonchev–Trinajstić information content (AvgIpc) is 2.33. The molecular formula is C9H19BO3S. The number of rotatable bonds is 4. The van der Waals surface area contributed by atoms with E-state index < -0.39 is 0 Å². The molecule has 1 fully saturated rings. The van der Waals surface area contributed by atoms with Crippen LogP contribution in [0.25, 0.3) is 0 Å². The highest BCUT2D eigenvalue weighted by atomic mass is 32.2. The zero-order valence-electron chi connectivity index (χ0n) is 9.27. The van der Waals surface area contributed by atoms with Crippen molar-refractivity contribution in [2.24, 2.45) is 0 Å². The van der Waals surface area contributed by atoms with Gasteiger partial charge in [0.1, 0.15) is 7.85 Å². The lowest BCUT2D eigenvalue weighted by molar-refractivity contribution is -0.0601. The molecule has 0 aromatic carbocycles. The molecule has 1 rings (SSSR count). The maximum Gasteiger partial charge on any atom is 0.121 e. The molecule has 0 spiro atoms. The molecule has 0 aromatic rings. The van der Waals surface area contributed by atoms with Crippen molar-refractivity contribution in [2.45, 2.75) is 42.6 Å². The van der Waals surface area contributed by atoms with E-state index in [1.165, 1.54) is 0 Å². The van der Waals surface area contributed by atoms with Crippen LogP contribution < -0.4 is 0 Å². The van der Waals surface area contributed by atoms with E-state index in [-0.39, 0.29) is 28.7 Å². The maximum absolute atomic E-state index is 9.90. The van der Waals surface area contributed by atoms with Gasteiger partial charge in [-0.15, -0.1) is 0 Å². The second-order valence-corrected chi connectivity index (χ2v) is 5.60. The van der Waals surface area contributed by atoms with Gasteiger partial charge in [-0.05, 0) is 13.8 Å². The number of methoxy groups -OCH3 is 1. The number of aliphatic hydroxyl groups is 1. The fourth-order valence-corrected chi connectivity index (χ4v) is 3.16. The summed E-state index contributed by atoms with van der Waals surface area (Å²) in [6, 6.07) is 0. The van der Waals surface area contributed by atoms with Crippen molar-refractivity contribution < 1.29 is 14.6 Å². The van der Waals surface area contributed by atoms with Crippen molar-refractivity contribution in [3.05, 3.63) is 0 Å². The molecule has 82 valence electrons. The molecule has 3 nitrogen and oxygen atoms in total. The third kappa shape index (κ3) is 2.89. The van der Waals surface area contributed by atoms with Crippen LogP contribution in [-0.4, -0.2) is 55.4 Å². The predicted molar refractivity (Wildman–Crippen MR) is 61.6 cm³/mol. The molecule has 5 heteroatoms. The van der Waals surface area contributed by atoms with E-state index in [9.17, 15) is 5.11 Å². The van der Waals surface area contributed by atoms with Crippen LogP contribution in [0.1, 0.15) is 13.8 Å². The Morgan fingerprint density at radius 2 is 2.14 bits per heavy atom. The Labute approximate surface area is 90.9 Å². The van der Waals surface area contributed by atoms with Crippen LogP contribution in [0.2, 0.25) is 0 Å². The fraction of sp³-hybridized carbons (Fsp3) is 1.00. The van der Waals surface area contributed by atoms with Crippen LogP contribution in [-0.2, 0) is 9.47 Å². The van der Waals surface area contributed by atoms with Crippen molar-refractivity contribution in [1.82, 2.24) is 0 Å². The standard InChI is InChI=1S/C9H19BO3S/c1-5(2)13-8-6(4-12-3)14-9(10)7(8)11/h5-9,11H,4,10H2,1-3H3/t6-,7?,8?,9-/m1/s1. The number of ether oxygens (including phenoxy) is 2. The van der Waals surface area contributed by atoms with E-state index in [4.69, 9.17) is 9.47 Å². The van der Waals surface area contributed by atoms with Crippen molar-refractivity contribution in [1.29, 1.82) is 0 Å². The topological polar surface area (TPSA) is 38.7 Å². The molecule has 0 aromatic heterocycles. The number of aliphatic hydroxyl groups excluding tert-OH is 1. The smallest absolute Gasteiger partial charge is 0.121 e. The summed E-state index contributed by atoms with van der Waals surface area (Å²) in [4.78, 5) is 0. The molecule has 1 heterocycles. The average molecular weight is 218 g/mol. The number of thioether (sulfide) groups is 1. The summed E-state index contributed by atoms with van der Waals surface area (Å²) in [6.45, 7) is 4.62. The van der Waals surface area contributed by atoms with Crippen LogP contribution in [0.4, 0.5) is 0 Å². The van der Waals surface area contributed by atoms with E-state index in [1.807, 2.05) is 21.7 Å². The third-order valence-electron chi connectivity index (χ3n) is 2.33. The van der Waals surface area contributed by atoms with Crippen molar-refractivity contribution in [3.63, 3.8) is 0 Å². The minimum absolute atomic E-state index is 0.0880. The molecule has 0 aliphatic carbocycles. The van der Waals surface area contributed by atoms with Crippen LogP contribution in [0.5, 0.6) is 0 Å². The lowest BCUT2D eigenvalue weighted by atomic mass is 9.94. The Kier molecular flexibility index (Phi) is 4.77. The summed E-state index contributed by atoms with van der Waals surface area (Å²) in [5.41, 5.74) is 0. The highest BCUT2D eigenvalue weighted by molar-refractivity contribution is 8.02. The summed E-state index contributed by atoms with van der Waals surface area (Å²) in [5.74, 6) is 0. The first-order valence-corrected chi connectivity index (χ1v) is 5.98. The lowest BCUT2D eigenvalue weighted by Gasteiger charge is -2.23. The molecule has 0 bridgehead atoms. The van der Waals surface area contributed by atoms with E-state index in [1.54, 1.807) is 18.9 Å². The molecule has 1 aliphatic heterocycles. The van der Waals surface area contributed by atoms with Crippen LogP contribution in [0.3, 0.4) is 0 Å². The molecule has 14 heavy (non-hydrogen) atoms. The summed E-state index contributed by atoms with van der Waals surface area (Å²) >= 11 is 1.75. The summed E-state index contributed by atoms with van der Waals surface area (Å²) in [6.07, 6.45) is -0.308. The Morgan fingerprint density at radius 1 is 1.50 bits per heavy atom. The van der Waals surface area contributed by atoms with Crippen LogP contribution in [0.15, 0.2) is 0 Å². The molecule has 2 unspecified atom stereocenters. The summed E-state index contributed by atoms with van der Waals surface area (Å²) in [7, 11) is 3.71. The minimum Gasteiger partial charge on any atom is -0.390 e. The van der Waals surface area contributed by atoms with Gasteiger partial charge < -0.3 is 14.6 Å². The van der Waals surface area contributed by atoms with E-state index in [2.05, 4.69) is 0 Å². The minimum atomic E-state index is -0.373.